The van der Waals surface area contributed by atoms with Crippen LogP contribution in [0, 0.1) is 0 Å². The summed E-state index contributed by atoms with van der Waals surface area (Å²) in [4.78, 5) is 11.5. The van der Waals surface area contributed by atoms with Crippen LogP contribution in [-0.4, -0.2) is 24.7 Å². The van der Waals surface area contributed by atoms with Gasteiger partial charge in [0.25, 0.3) is 0 Å². The number of esters is 1. The van der Waals surface area contributed by atoms with Crippen molar-refractivity contribution in [2.24, 2.45) is 0 Å². The van der Waals surface area contributed by atoms with Crippen molar-refractivity contribution < 1.29 is 14.3 Å². The van der Waals surface area contributed by atoms with E-state index in [9.17, 15) is 4.79 Å². The molecule has 0 radical (unpaired) electrons. The number of hydrogen-bond donors (Lipinski definition) is 1. The zero-order valence-corrected chi connectivity index (χ0v) is 13.2. The van der Waals surface area contributed by atoms with E-state index in [1.54, 1.807) is 26.0 Å². The first-order valence-electron chi connectivity index (χ1n) is 6.72. The Morgan fingerprint density at radius 2 is 2.00 bits per heavy atom. The van der Waals surface area contributed by atoms with E-state index in [-0.39, 0.29) is 18.7 Å². The number of ether oxygens (including phenoxy) is 2. The Labute approximate surface area is 125 Å². The molecule has 0 atom stereocenters. The molecule has 0 aliphatic carbocycles. The maximum Gasteiger partial charge on any atom is 0.344 e. The van der Waals surface area contributed by atoms with Gasteiger partial charge in [0.05, 0.1) is 6.10 Å². The number of carbonyl (C=O) groups excluding carboxylic acids is 1. The van der Waals surface area contributed by atoms with E-state index in [2.05, 4.69) is 19.2 Å². The van der Waals surface area contributed by atoms with Crippen molar-refractivity contribution in [3.05, 3.63) is 28.8 Å². The normalized spacial score (nSPS) is 10.9. The lowest BCUT2D eigenvalue weighted by Crippen LogP contribution is -2.23. The molecule has 1 aromatic rings. The molecule has 0 aliphatic heterocycles. The van der Waals surface area contributed by atoms with Crippen LogP contribution in [-0.2, 0) is 16.1 Å². The van der Waals surface area contributed by atoms with Crippen LogP contribution < -0.4 is 10.1 Å². The monoisotopic (exact) mass is 299 g/mol. The average Bonchev–Trinajstić information content (AvgIpc) is 2.34. The number of carbonyl (C=O) groups is 1. The summed E-state index contributed by atoms with van der Waals surface area (Å²) in [5, 5.41) is 3.94. The number of hydrogen-bond acceptors (Lipinski definition) is 4. The summed E-state index contributed by atoms with van der Waals surface area (Å²) in [5.74, 6) is 0.265. The maximum atomic E-state index is 11.5. The molecule has 1 aromatic carbocycles. The molecule has 0 aromatic heterocycles. The Morgan fingerprint density at radius 3 is 2.60 bits per heavy atom. The zero-order valence-electron chi connectivity index (χ0n) is 12.4. The van der Waals surface area contributed by atoms with E-state index >= 15 is 0 Å². The van der Waals surface area contributed by atoms with E-state index in [0.29, 0.717) is 23.4 Å². The lowest BCUT2D eigenvalue weighted by molar-refractivity contribution is -0.149. The molecule has 112 valence electrons. The highest BCUT2D eigenvalue weighted by molar-refractivity contribution is 6.30. The average molecular weight is 300 g/mol. The molecular formula is C15H22ClNO3. The van der Waals surface area contributed by atoms with E-state index < -0.39 is 0 Å². The quantitative estimate of drug-likeness (QED) is 0.786. The van der Waals surface area contributed by atoms with Gasteiger partial charge in [-0.2, -0.15) is 0 Å². The van der Waals surface area contributed by atoms with Gasteiger partial charge in [-0.25, -0.2) is 4.79 Å². The molecule has 0 heterocycles. The second-order valence-corrected chi connectivity index (χ2v) is 5.55. The van der Waals surface area contributed by atoms with Crippen LogP contribution >= 0.6 is 11.6 Å². The van der Waals surface area contributed by atoms with Crippen LogP contribution in [0.3, 0.4) is 0 Å². The molecule has 0 saturated heterocycles. The SMILES string of the molecule is CC(C)NCc1cc(Cl)ccc1OCC(=O)OC(C)C. The van der Waals surface area contributed by atoms with Crippen LogP contribution in [0.25, 0.3) is 0 Å². The first kappa shape index (κ1) is 16.8. The topological polar surface area (TPSA) is 47.6 Å². The molecule has 0 aliphatic rings. The van der Waals surface area contributed by atoms with Crippen LogP contribution in [0.1, 0.15) is 33.3 Å². The molecular weight excluding hydrogens is 278 g/mol. The summed E-state index contributed by atoms with van der Waals surface area (Å²) in [6.45, 7) is 8.26. The Morgan fingerprint density at radius 1 is 1.30 bits per heavy atom. The van der Waals surface area contributed by atoms with Crippen molar-refractivity contribution in [1.29, 1.82) is 0 Å². The van der Waals surface area contributed by atoms with Crippen molar-refractivity contribution in [2.75, 3.05) is 6.61 Å². The van der Waals surface area contributed by atoms with Crippen molar-refractivity contribution in [2.45, 2.75) is 46.4 Å². The minimum Gasteiger partial charge on any atom is -0.482 e. The van der Waals surface area contributed by atoms with Crippen LogP contribution in [0.4, 0.5) is 0 Å². The summed E-state index contributed by atoms with van der Waals surface area (Å²) < 4.78 is 10.5. The molecule has 0 unspecified atom stereocenters. The fourth-order valence-corrected chi connectivity index (χ4v) is 1.77. The summed E-state index contributed by atoms with van der Waals surface area (Å²) in [7, 11) is 0. The standard InChI is InChI=1S/C15H22ClNO3/c1-10(2)17-8-12-7-13(16)5-6-14(12)19-9-15(18)20-11(3)4/h5-7,10-11,17H,8-9H2,1-4H3. The number of nitrogens with one attached hydrogen (secondary N) is 1. The fraction of sp³-hybridized carbons (Fsp3) is 0.533. The van der Waals surface area contributed by atoms with E-state index in [4.69, 9.17) is 21.1 Å². The molecule has 0 fully saturated rings. The van der Waals surface area contributed by atoms with Crippen LogP contribution in [0.2, 0.25) is 5.02 Å². The predicted molar refractivity (Wildman–Crippen MR) is 80.2 cm³/mol. The largest absolute Gasteiger partial charge is 0.482 e. The molecule has 0 saturated carbocycles. The van der Waals surface area contributed by atoms with E-state index in [0.717, 1.165) is 5.56 Å². The predicted octanol–water partition coefficient (Wildman–Crippen LogP) is 3.17. The Balaban J connectivity index is 2.66. The third-order valence-corrected chi connectivity index (χ3v) is 2.67. The first-order valence-corrected chi connectivity index (χ1v) is 7.10. The second-order valence-electron chi connectivity index (χ2n) is 5.11. The molecule has 20 heavy (non-hydrogen) atoms. The van der Waals surface area contributed by atoms with Crippen molar-refractivity contribution >= 4 is 17.6 Å². The number of halogens is 1. The summed E-state index contributed by atoms with van der Waals surface area (Å²) in [5.41, 5.74) is 0.920. The van der Waals surface area contributed by atoms with Gasteiger partial charge in [0, 0.05) is 23.2 Å². The first-order chi connectivity index (χ1) is 9.38. The summed E-state index contributed by atoms with van der Waals surface area (Å²) in [6.07, 6.45) is -0.140. The van der Waals surface area contributed by atoms with Gasteiger partial charge in [-0.1, -0.05) is 25.4 Å². The Hall–Kier alpha value is -1.26. The van der Waals surface area contributed by atoms with Gasteiger partial charge in [-0.3, -0.25) is 0 Å². The van der Waals surface area contributed by atoms with Crippen molar-refractivity contribution in [1.82, 2.24) is 5.32 Å². The van der Waals surface area contributed by atoms with Gasteiger partial charge in [-0.15, -0.1) is 0 Å². The summed E-state index contributed by atoms with van der Waals surface area (Å²) in [6, 6.07) is 5.69. The van der Waals surface area contributed by atoms with Gasteiger partial charge >= 0.3 is 5.97 Å². The third kappa shape index (κ3) is 6.26. The van der Waals surface area contributed by atoms with Crippen molar-refractivity contribution in [3.8, 4) is 5.75 Å². The molecule has 0 bridgehead atoms. The smallest absolute Gasteiger partial charge is 0.344 e. The molecule has 4 nitrogen and oxygen atoms in total. The second kappa shape index (κ2) is 8.12. The van der Waals surface area contributed by atoms with Gasteiger partial charge in [-0.05, 0) is 32.0 Å². The Bertz CT molecular complexity index is 447. The fourth-order valence-electron chi connectivity index (χ4n) is 1.57. The van der Waals surface area contributed by atoms with Crippen molar-refractivity contribution in [3.63, 3.8) is 0 Å². The van der Waals surface area contributed by atoms with Gasteiger partial charge < -0.3 is 14.8 Å². The van der Waals surface area contributed by atoms with Gasteiger partial charge in [0.15, 0.2) is 6.61 Å². The lowest BCUT2D eigenvalue weighted by Gasteiger charge is -2.14. The molecule has 1 rings (SSSR count). The molecule has 0 amide bonds. The zero-order chi connectivity index (χ0) is 15.1. The van der Waals surface area contributed by atoms with Gasteiger partial charge in [0.1, 0.15) is 5.75 Å². The number of rotatable bonds is 7. The molecule has 0 spiro atoms. The Kier molecular flexibility index (Phi) is 6.82. The van der Waals surface area contributed by atoms with E-state index in [1.807, 2.05) is 6.07 Å². The minimum absolute atomic E-state index is 0.103. The highest BCUT2D eigenvalue weighted by Crippen LogP contribution is 2.23. The highest BCUT2D eigenvalue weighted by Gasteiger charge is 2.10. The molecule has 5 heteroatoms. The lowest BCUT2D eigenvalue weighted by atomic mass is 10.2. The van der Waals surface area contributed by atoms with E-state index in [1.165, 1.54) is 0 Å². The van der Waals surface area contributed by atoms with Crippen LogP contribution in [0.5, 0.6) is 5.75 Å². The van der Waals surface area contributed by atoms with Crippen LogP contribution in [0.15, 0.2) is 18.2 Å². The summed E-state index contributed by atoms with van der Waals surface area (Å²) >= 11 is 5.99. The third-order valence-electron chi connectivity index (χ3n) is 2.44. The van der Waals surface area contributed by atoms with Gasteiger partial charge in [0.2, 0.25) is 0 Å². The minimum atomic E-state index is -0.377. The number of benzene rings is 1. The molecule has 1 N–H and O–H groups in total. The highest BCUT2D eigenvalue weighted by atomic mass is 35.5. The maximum absolute atomic E-state index is 11.5.